The van der Waals surface area contributed by atoms with E-state index in [-0.39, 0.29) is 29.0 Å². The summed E-state index contributed by atoms with van der Waals surface area (Å²) in [5, 5.41) is 4.75. The maximum Gasteiger partial charge on any atom is 0.418 e. The maximum atomic E-state index is 13.4. The van der Waals surface area contributed by atoms with Crippen LogP contribution in [0.5, 0.6) is 0 Å². The fourth-order valence-corrected chi connectivity index (χ4v) is 3.21. The van der Waals surface area contributed by atoms with Gasteiger partial charge < -0.3 is 10.6 Å². The van der Waals surface area contributed by atoms with Crippen molar-refractivity contribution in [1.82, 2.24) is 10.6 Å². The number of carbonyl (C=O) groups is 1. The van der Waals surface area contributed by atoms with E-state index in [1.54, 1.807) is 0 Å². The summed E-state index contributed by atoms with van der Waals surface area (Å²) in [5.41, 5.74) is -1.09. The summed E-state index contributed by atoms with van der Waals surface area (Å²) in [7, 11) is 0. The number of dihydropyridines is 1. The van der Waals surface area contributed by atoms with Crippen molar-refractivity contribution in [3.63, 3.8) is 0 Å². The molecule has 0 radical (unpaired) electrons. The number of alkyl halides is 6. The Morgan fingerprint density at radius 1 is 1.17 bits per heavy atom. The first kappa shape index (κ1) is 16.7. The highest BCUT2D eigenvalue weighted by atomic mass is 19.4. The van der Waals surface area contributed by atoms with Crippen molar-refractivity contribution in [2.24, 2.45) is 0 Å². The quantitative estimate of drug-likeness (QED) is 0.712. The molecule has 3 aliphatic rings. The number of fused-ring (bicyclic) bond motifs is 2. The van der Waals surface area contributed by atoms with Crippen LogP contribution < -0.4 is 10.6 Å². The lowest BCUT2D eigenvalue weighted by Gasteiger charge is -2.35. The van der Waals surface area contributed by atoms with Crippen molar-refractivity contribution < 1.29 is 31.1 Å². The molecule has 130 valence electrons. The average molecular weight is 350 g/mol. The average Bonchev–Trinajstić information content (AvgIpc) is 2.76. The van der Waals surface area contributed by atoms with Gasteiger partial charge in [-0.15, -0.1) is 0 Å². The van der Waals surface area contributed by atoms with Gasteiger partial charge in [0.2, 0.25) is 5.91 Å². The Morgan fingerprint density at radius 2 is 1.83 bits per heavy atom. The molecule has 0 saturated heterocycles. The van der Waals surface area contributed by atoms with Crippen LogP contribution in [0.2, 0.25) is 0 Å². The second kappa shape index (κ2) is 5.15. The van der Waals surface area contributed by atoms with Crippen molar-refractivity contribution in [3.05, 3.63) is 45.8 Å². The number of amides is 1. The van der Waals surface area contributed by atoms with Crippen LogP contribution in [0.3, 0.4) is 0 Å². The van der Waals surface area contributed by atoms with Crippen LogP contribution in [0.15, 0.2) is 45.8 Å². The summed E-state index contributed by atoms with van der Waals surface area (Å²) >= 11 is 0. The van der Waals surface area contributed by atoms with Crippen molar-refractivity contribution in [2.75, 3.05) is 0 Å². The Bertz CT molecular complexity index is 736. The molecule has 0 aromatic carbocycles. The summed E-state index contributed by atoms with van der Waals surface area (Å²) < 4.78 is 77.8. The molecular formula is C15H12F6N2O. The molecule has 0 aromatic rings. The van der Waals surface area contributed by atoms with E-state index in [0.717, 1.165) is 0 Å². The van der Waals surface area contributed by atoms with E-state index in [0.29, 0.717) is 5.57 Å². The number of carbonyl (C=O) groups excluding carboxylic acids is 1. The van der Waals surface area contributed by atoms with Crippen LogP contribution in [-0.4, -0.2) is 24.3 Å². The number of hydrogen-bond donors (Lipinski definition) is 2. The van der Waals surface area contributed by atoms with Crippen molar-refractivity contribution >= 4 is 5.91 Å². The highest BCUT2D eigenvalue weighted by Gasteiger charge is 2.47. The van der Waals surface area contributed by atoms with Crippen LogP contribution in [0.25, 0.3) is 0 Å². The molecule has 1 amide bonds. The Hall–Kier alpha value is -2.19. The molecule has 0 bridgehead atoms. The third-order valence-corrected chi connectivity index (χ3v) is 4.11. The Morgan fingerprint density at radius 3 is 2.42 bits per heavy atom. The van der Waals surface area contributed by atoms with Gasteiger partial charge in [-0.2, -0.15) is 26.3 Å². The molecule has 3 rings (SSSR count). The molecule has 9 heteroatoms. The largest absolute Gasteiger partial charge is 0.418 e. The molecule has 1 atom stereocenters. The number of nitrogens with one attached hydrogen (secondary N) is 2. The van der Waals surface area contributed by atoms with E-state index < -0.39 is 36.3 Å². The van der Waals surface area contributed by atoms with Crippen LogP contribution in [-0.2, 0) is 4.79 Å². The third kappa shape index (κ3) is 2.83. The minimum absolute atomic E-state index is 0.164. The summed E-state index contributed by atoms with van der Waals surface area (Å²) in [6, 6.07) is -1.03. The predicted molar refractivity (Wildman–Crippen MR) is 72.3 cm³/mol. The molecule has 24 heavy (non-hydrogen) atoms. The molecule has 2 heterocycles. The zero-order chi connectivity index (χ0) is 17.9. The fraction of sp³-hybridized carbons (Fsp3) is 0.400. The number of rotatable bonds is 1. The summed E-state index contributed by atoms with van der Waals surface area (Å²) in [4.78, 5) is 11.6. The molecule has 0 aromatic heterocycles. The van der Waals surface area contributed by atoms with Gasteiger partial charge in [-0.3, -0.25) is 4.79 Å². The van der Waals surface area contributed by atoms with Gasteiger partial charge in [0.15, 0.2) is 0 Å². The summed E-state index contributed by atoms with van der Waals surface area (Å²) in [6.07, 6.45) is -8.13. The minimum Gasteiger partial charge on any atom is -0.377 e. The molecule has 2 N–H and O–H groups in total. The zero-order valence-corrected chi connectivity index (χ0v) is 12.3. The zero-order valence-electron chi connectivity index (χ0n) is 12.3. The van der Waals surface area contributed by atoms with Crippen LogP contribution in [0.4, 0.5) is 26.3 Å². The molecule has 0 saturated carbocycles. The van der Waals surface area contributed by atoms with Crippen LogP contribution in [0, 0.1) is 0 Å². The predicted octanol–water partition coefficient (Wildman–Crippen LogP) is 3.39. The Kier molecular flexibility index (Phi) is 3.58. The normalized spacial score (nSPS) is 24.1. The smallest absolute Gasteiger partial charge is 0.377 e. The van der Waals surface area contributed by atoms with Gasteiger partial charge in [0.1, 0.15) is 0 Å². The van der Waals surface area contributed by atoms with Crippen LogP contribution in [0.1, 0.15) is 19.8 Å². The van der Waals surface area contributed by atoms with Gasteiger partial charge in [0, 0.05) is 5.70 Å². The maximum absolute atomic E-state index is 13.4. The Labute approximate surface area is 132 Å². The summed E-state index contributed by atoms with van der Waals surface area (Å²) in [5.74, 6) is -0.568. The molecule has 1 aliphatic carbocycles. The molecule has 0 fully saturated rings. The van der Waals surface area contributed by atoms with Gasteiger partial charge >= 0.3 is 12.4 Å². The second-order valence-electron chi connectivity index (χ2n) is 5.82. The van der Waals surface area contributed by atoms with E-state index >= 15 is 0 Å². The van der Waals surface area contributed by atoms with Gasteiger partial charge in [0.05, 0.1) is 30.2 Å². The molecule has 2 aliphatic heterocycles. The lowest BCUT2D eigenvalue weighted by Crippen LogP contribution is -2.40. The van der Waals surface area contributed by atoms with Crippen molar-refractivity contribution in [3.8, 4) is 0 Å². The van der Waals surface area contributed by atoms with E-state index in [4.69, 9.17) is 0 Å². The second-order valence-corrected chi connectivity index (χ2v) is 5.82. The van der Waals surface area contributed by atoms with Gasteiger partial charge in [-0.25, -0.2) is 0 Å². The highest BCUT2D eigenvalue weighted by molar-refractivity contribution is 5.89. The first-order chi connectivity index (χ1) is 11.0. The minimum atomic E-state index is -4.72. The third-order valence-electron chi connectivity index (χ3n) is 4.11. The topological polar surface area (TPSA) is 41.1 Å². The highest BCUT2D eigenvalue weighted by Crippen LogP contribution is 2.45. The van der Waals surface area contributed by atoms with E-state index in [2.05, 4.69) is 10.6 Å². The van der Waals surface area contributed by atoms with E-state index in [1.807, 2.05) is 0 Å². The first-order valence-electron chi connectivity index (χ1n) is 7.03. The SMILES string of the molecule is CC1=C(C(F)(F)F)C2=C(CC(=O)N2)C2=CC=C(CC(F)(F)F)NC21. The number of halogens is 6. The molecule has 0 spiro atoms. The summed E-state index contributed by atoms with van der Waals surface area (Å²) in [6.45, 7) is 1.21. The van der Waals surface area contributed by atoms with Gasteiger partial charge in [-0.05, 0) is 29.7 Å². The van der Waals surface area contributed by atoms with Crippen LogP contribution >= 0.6 is 0 Å². The van der Waals surface area contributed by atoms with E-state index in [1.165, 1.54) is 19.1 Å². The van der Waals surface area contributed by atoms with Gasteiger partial charge in [-0.1, -0.05) is 6.08 Å². The lowest BCUT2D eigenvalue weighted by molar-refractivity contribution is -0.128. The standard InChI is InChI=1S/C15H12F6N2O/c1-6-11(15(19,20)21)13-9(4-10(24)23-13)8-3-2-7(22-12(6)8)5-14(16,17)18/h2-3,12,22H,4-5H2,1H3,(H,23,24). The molecule has 1 unspecified atom stereocenters. The van der Waals surface area contributed by atoms with Crippen molar-refractivity contribution in [2.45, 2.75) is 38.2 Å². The number of allylic oxidation sites excluding steroid dienone is 4. The number of hydrogen-bond acceptors (Lipinski definition) is 2. The van der Waals surface area contributed by atoms with Gasteiger partial charge in [0.25, 0.3) is 0 Å². The van der Waals surface area contributed by atoms with E-state index in [9.17, 15) is 31.1 Å². The molecular weight excluding hydrogens is 338 g/mol. The molecule has 3 nitrogen and oxygen atoms in total. The monoisotopic (exact) mass is 350 g/mol. The lowest BCUT2D eigenvalue weighted by atomic mass is 9.80. The first-order valence-corrected chi connectivity index (χ1v) is 7.03. The fourth-order valence-electron chi connectivity index (χ4n) is 3.21. The van der Waals surface area contributed by atoms with Crippen molar-refractivity contribution in [1.29, 1.82) is 0 Å². The Balaban J connectivity index is 2.08.